The van der Waals surface area contributed by atoms with Crippen molar-refractivity contribution in [3.63, 3.8) is 0 Å². The highest BCUT2D eigenvalue weighted by atomic mass is 28.2. The molecule has 4 aromatic rings. The lowest BCUT2D eigenvalue weighted by Gasteiger charge is -2.18. The Kier molecular flexibility index (Phi) is 5.09. The molecule has 0 saturated carbocycles. The summed E-state index contributed by atoms with van der Waals surface area (Å²) in [5, 5.41) is 1.50. The molecule has 0 N–H and O–H groups in total. The molecule has 0 nitrogen and oxygen atoms in total. The maximum absolute atomic E-state index is 2.33. The highest BCUT2D eigenvalue weighted by Gasteiger charge is 2.15. The highest BCUT2D eigenvalue weighted by molar-refractivity contribution is 6.55. The predicted octanol–water partition coefficient (Wildman–Crippen LogP) is 4.94. The number of benzene rings is 4. The van der Waals surface area contributed by atoms with Gasteiger partial charge in [0.25, 0.3) is 0 Å². The minimum absolute atomic E-state index is 0.490. The second kappa shape index (κ2) is 7.98. The molecule has 0 fully saturated rings. The van der Waals surface area contributed by atoms with Gasteiger partial charge in [-0.1, -0.05) is 120 Å². The van der Waals surface area contributed by atoms with Crippen LogP contribution in [0.15, 0.2) is 115 Å². The first-order valence-corrected chi connectivity index (χ1v) is 10.7. The minimum atomic E-state index is -0.490. The van der Waals surface area contributed by atoms with Crippen LogP contribution in [-0.2, 0) is 0 Å². The van der Waals surface area contributed by atoms with Crippen molar-refractivity contribution in [1.29, 1.82) is 0 Å². The summed E-state index contributed by atoms with van der Waals surface area (Å²) in [5.41, 5.74) is 5.94. The van der Waals surface area contributed by atoms with E-state index in [4.69, 9.17) is 0 Å². The molecule has 1 heteroatoms. The van der Waals surface area contributed by atoms with Crippen LogP contribution in [0.5, 0.6) is 0 Å². The van der Waals surface area contributed by atoms with Crippen LogP contribution in [0.25, 0.3) is 11.1 Å². The maximum atomic E-state index is 2.33. The van der Waals surface area contributed by atoms with Crippen molar-refractivity contribution in [1.82, 2.24) is 0 Å². The Morgan fingerprint density at radius 3 is 1.35 bits per heavy atom. The van der Waals surface area contributed by atoms with Gasteiger partial charge < -0.3 is 0 Å². The molecule has 126 valence electrons. The summed E-state index contributed by atoms with van der Waals surface area (Å²) in [4.78, 5) is 0. The lowest BCUT2D eigenvalue weighted by molar-refractivity contribution is 1.13. The zero-order valence-electron chi connectivity index (χ0n) is 14.8. The molecular formula is C25H22Si. The molecule has 0 aliphatic rings. The fourth-order valence-corrected chi connectivity index (χ4v) is 5.49. The monoisotopic (exact) mass is 350 g/mol. The third-order valence-electron chi connectivity index (χ3n) is 4.90. The molecule has 0 atom stereocenters. The topological polar surface area (TPSA) is 0 Å². The first kappa shape index (κ1) is 16.6. The van der Waals surface area contributed by atoms with Crippen molar-refractivity contribution < 1.29 is 0 Å². The van der Waals surface area contributed by atoms with Crippen molar-refractivity contribution in [2.75, 3.05) is 0 Å². The van der Waals surface area contributed by atoms with Crippen molar-refractivity contribution in [2.45, 2.75) is 5.54 Å². The van der Waals surface area contributed by atoms with Gasteiger partial charge in [-0.15, -0.1) is 0 Å². The summed E-state index contributed by atoms with van der Waals surface area (Å²) in [6.45, 7) is 0. The van der Waals surface area contributed by atoms with Gasteiger partial charge in [0.15, 0.2) is 0 Å². The van der Waals surface area contributed by atoms with Crippen molar-refractivity contribution >= 4 is 14.7 Å². The molecule has 0 bridgehead atoms. The predicted molar refractivity (Wildman–Crippen MR) is 115 cm³/mol. The molecular weight excluding hydrogens is 328 g/mol. The third-order valence-corrected chi connectivity index (χ3v) is 7.20. The van der Waals surface area contributed by atoms with Gasteiger partial charge in [0, 0.05) is 5.54 Å². The largest absolute Gasteiger partial charge is 0.0679 e. The molecule has 0 spiro atoms. The van der Waals surface area contributed by atoms with Gasteiger partial charge in [-0.2, -0.15) is 0 Å². The highest BCUT2D eigenvalue weighted by Crippen LogP contribution is 2.24. The SMILES string of the molecule is c1ccc(-c2ccc([SiH2]C(c3ccccc3)c3ccccc3)cc2)cc1. The number of rotatable bonds is 5. The molecule has 0 unspecified atom stereocenters. The third kappa shape index (κ3) is 3.84. The van der Waals surface area contributed by atoms with E-state index in [1.54, 1.807) is 0 Å². The van der Waals surface area contributed by atoms with Gasteiger partial charge in [0.2, 0.25) is 0 Å². The Balaban J connectivity index is 1.62. The van der Waals surface area contributed by atoms with Crippen LogP contribution in [-0.4, -0.2) is 9.52 Å². The van der Waals surface area contributed by atoms with Crippen LogP contribution >= 0.6 is 0 Å². The van der Waals surface area contributed by atoms with Gasteiger partial charge in [-0.3, -0.25) is 0 Å². The van der Waals surface area contributed by atoms with E-state index in [1.165, 1.54) is 27.4 Å². The van der Waals surface area contributed by atoms with Crippen LogP contribution in [0.2, 0.25) is 0 Å². The van der Waals surface area contributed by atoms with E-state index < -0.39 is 9.52 Å². The second-order valence-electron chi connectivity index (χ2n) is 6.64. The van der Waals surface area contributed by atoms with E-state index in [-0.39, 0.29) is 0 Å². The molecule has 4 rings (SSSR count). The quantitative estimate of drug-likeness (QED) is 0.447. The zero-order valence-corrected chi connectivity index (χ0v) is 16.2. The molecule has 0 saturated heterocycles. The molecule has 0 aromatic heterocycles. The van der Waals surface area contributed by atoms with E-state index >= 15 is 0 Å². The Morgan fingerprint density at radius 1 is 0.423 bits per heavy atom. The Morgan fingerprint density at radius 2 is 0.846 bits per heavy atom. The molecule has 0 amide bonds. The smallest absolute Gasteiger partial charge is 0.0659 e. The van der Waals surface area contributed by atoms with Crippen LogP contribution in [0, 0.1) is 0 Å². The number of hydrogen-bond acceptors (Lipinski definition) is 0. The molecule has 0 aliphatic carbocycles. The van der Waals surface area contributed by atoms with E-state index in [1.807, 2.05) is 0 Å². The van der Waals surface area contributed by atoms with Crippen molar-refractivity contribution in [2.24, 2.45) is 0 Å². The number of hydrogen-bond donors (Lipinski definition) is 0. The zero-order chi connectivity index (χ0) is 17.6. The summed E-state index contributed by atoms with van der Waals surface area (Å²) >= 11 is 0. The van der Waals surface area contributed by atoms with Gasteiger partial charge in [0.1, 0.15) is 0 Å². The Hall–Kier alpha value is -2.90. The van der Waals surface area contributed by atoms with Gasteiger partial charge in [-0.05, 0) is 22.3 Å². The Bertz CT molecular complexity index is 890. The van der Waals surface area contributed by atoms with Crippen LogP contribution in [0.4, 0.5) is 0 Å². The average molecular weight is 351 g/mol. The lowest BCUT2D eigenvalue weighted by Crippen LogP contribution is -2.22. The fraction of sp³-hybridized carbons (Fsp3) is 0.0400. The van der Waals surface area contributed by atoms with E-state index in [0.29, 0.717) is 5.54 Å². The standard InChI is InChI=1S/C25H22Si/c1-4-10-20(11-5-1)21-16-18-24(19-17-21)26-25(22-12-6-2-7-13-22)23-14-8-3-9-15-23/h1-19,25H,26H2. The summed E-state index contributed by atoms with van der Waals surface area (Å²) < 4.78 is 0. The average Bonchev–Trinajstić information content (AvgIpc) is 2.74. The normalized spacial score (nSPS) is 11.3. The Labute approximate surface area is 158 Å². The fourth-order valence-electron chi connectivity index (χ4n) is 3.50. The van der Waals surface area contributed by atoms with Crippen LogP contribution < -0.4 is 5.19 Å². The molecule has 4 aromatic carbocycles. The van der Waals surface area contributed by atoms with E-state index in [0.717, 1.165) is 0 Å². The summed E-state index contributed by atoms with van der Waals surface area (Å²) in [7, 11) is -0.490. The van der Waals surface area contributed by atoms with Crippen molar-refractivity contribution in [3.8, 4) is 11.1 Å². The van der Waals surface area contributed by atoms with E-state index in [9.17, 15) is 0 Å². The summed E-state index contributed by atoms with van der Waals surface area (Å²) in [5.74, 6) is 0. The molecule has 26 heavy (non-hydrogen) atoms. The minimum Gasteiger partial charge on any atom is -0.0659 e. The van der Waals surface area contributed by atoms with Gasteiger partial charge >= 0.3 is 0 Å². The molecule has 0 radical (unpaired) electrons. The van der Waals surface area contributed by atoms with Gasteiger partial charge in [0.05, 0.1) is 9.52 Å². The maximum Gasteiger partial charge on any atom is 0.0679 e. The van der Waals surface area contributed by atoms with E-state index in [2.05, 4.69) is 115 Å². The second-order valence-corrected chi connectivity index (χ2v) is 8.68. The lowest BCUT2D eigenvalue weighted by atomic mass is 10.0. The first-order valence-electron chi connectivity index (χ1n) is 9.14. The first-order chi connectivity index (χ1) is 12.9. The van der Waals surface area contributed by atoms with Crippen LogP contribution in [0.1, 0.15) is 16.7 Å². The van der Waals surface area contributed by atoms with Crippen LogP contribution in [0.3, 0.4) is 0 Å². The van der Waals surface area contributed by atoms with Crippen molar-refractivity contribution in [3.05, 3.63) is 126 Å². The summed E-state index contributed by atoms with van der Waals surface area (Å²) in [6.07, 6.45) is 0. The molecule has 0 aliphatic heterocycles. The van der Waals surface area contributed by atoms with Gasteiger partial charge in [-0.25, -0.2) is 0 Å². The summed E-state index contributed by atoms with van der Waals surface area (Å²) in [6, 6.07) is 41.7. The molecule has 0 heterocycles.